The van der Waals surface area contributed by atoms with Gasteiger partial charge >= 0.3 is 0 Å². The first-order valence-electron chi connectivity index (χ1n) is 9.93. The number of rotatable bonds is 4. The molecule has 5 rings (SSSR count). The highest BCUT2D eigenvalue weighted by molar-refractivity contribution is 5.76. The van der Waals surface area contributed by atoms with Crippen LogP contribution in [-0.2, 0) is 6.54 Å². The normalized spacial score (nSPS) is 22.5. The summed E-state index contributed by atoms with van der Waals surface area (Å²) >= 11 is 0. The summed E-state index contributed by atoms with van der Waals surface area (Å²) < 4.78 is 2.52. The number of fused-ring (bicyclic) bond motifs is 1. The zero-order chi connectivity index (χ0) is 16.6. The van der Waals surface area contributed by atoms with Gasteiger partial charge in [-0.15, -0.1) is 0 Å². The van der Waals surface area contributed by atoms with Crippen molar-refractivity contribution in [1.29, 1.82) is 0 Å². The first-order chi connectivity index (χ1) is 12.4. The Balaban J connectivity index is 1.30. The van der Waals surface area contributed by atoms with Crippen LogP contribution < -0.4 is 0 Å². The Labute approximate surface area is 150 Å². The Morgan fingerprint density at radius 3 is 2.60 bits per heavy atom. The fourth-order valence-electron chi connectivity index (χ4n) is 4.51. The number of para-hydroxylation sites is 2. The van der Waals surface area contributed by atoms with E-state index in [-0.39, 0.29) is 0 Å². The van der Waals surface area contributed by atoms with Gasteiger partial charge in [-0.1, -0.05) is 30.4 Å². The predicted molar refractivity (Wildman–Crippen MR) is 102 cm³/mol. The average Bonchev–Trinajstić information content (AvgIpc) is 3.44. The van der Waals surface area contributed by atoms with E-state index in [1.54, 1.807) is 5.57 Å². The summed E-state index contributed by atoms with van der Waals surface area (Å²) in [5.74, 6) is 2.05. The SMILES string of the molecule is C1=CC(C2CCN(Cc3nc4ccccc4n3C3CC3)CC2)=CCC1. The Morgan fingerprint density at radius 1 is 1.00 bits per heavy atom. The zero-order valence-electron chi connectivity index (χ0n) is 14.9. The van der Waals surface area contributed by atoms with E-state index in [9.17, 15) is 0 Å². The second kappa shape index (κ2) is 6.45. The quantitative estimate of drug-likeness (QED) is 0.797. The maximum absolute atomic E-state index is 4.98. The maximum Gasteiger partial charge on any atom is 0.124 e. The molecule has 2 heterocycles. The van der Waals surface area contributed by atoms with Crippen molar-refractivity contribution in [2.45, 2.75) is 51.1 Å². The molecule has 1 saturated heterocycles. The molecule has 3 nitrogen and oxygen atoms in total. The summed E-state index contributed by atoms with van der Waals surface area (Å²) in [6.45, 7) is 3.40. The third kappa shape index (κ3) is 3.06. The third-order valence-electron chi connectivity index (χ3n) is 6.03. The molecule has 0 atom stereocenters. The minimum Gasteiger partial charge on any atom is -0.324 e. The predicted octanol–water partition coefficient (Wildman–Crippen LogP) is 4.86. The van der Waals surface area contributed by atoms with Crippen molar-refractivity contribution in [1.82, 2.24) is 14.5 Å². The fourth-order valence-corrected chi connectivity index (χ4v) is 4.51. The molecule has 1 aromatic heterocycles. The van der Waals surface area contributed by atoms with Gasteiger partial charge in [0.25, 0.3) is 0 Å². The molecule has 0 amide bonds. The van der Waals surface area contributed by atoms with E-state index in [0.29, 0.717) is 6.04 Å². The summed E-state index contributed by atoms with van der Waals surface area (Å²) in [4.78, 5) is 7.59. The van der Waals surface area contributed by atoms with Crippen LogP contribution in [0.3, 0.4) is 0 Å². The molecular formula is C22H27N3. The van der Waals surface area contributed by atoms with E-state index in [1.807, 2.05) is 0 Å². The van der Waals surface area contributed by atoms with Gasteiger partial charge < -0.3 is 4.57 Å². The van der Waals surface area contributed by atoms with Gasteiger partial charge in [0.1, 0.15) is 5.82 Å². The molecule has 25 heavy (non-hydrogen) atoms. The second-order valence-corrected chi connectivity index (χ2v) is 7.85. The number of hydrogen-bond acceptors (Lipinski definition) is 2. The van der Waals surface area contributed by atoms with Gasteiger partial charge in [-0.05, 0) is 75.2 Å². The molecule has 0 bridgehead atoms. The van der Waals surface area contributed by atoms with Gasteiger partial charge in [-0.2, -0.15) is 0 Å². The molecule has 2 aromatic rings. The summed E-state index contributed by atoms with van der Waals surface area (Å²) in [6, 6.07) is 9.33. The number of likely N-dealkylation sites (tertiary alicyclic amines) is 1. The Bertz CT molecular complexity index is 817. The summed E-state index contributed by atoms with van der Waals surface area (Å²) in [5, 5.41) is 0. The fraction of sp³-hybridized carbons (Fsp3) is 0.500. The van der Waals surface area contributed by atoms with Gasteiger partial charge in [0.2, 0.25) is 0 Å². The van der Waals surface area contributed by atoms with Gasteiger partial charge in [0.05, 0.1) is 17.6 Å². The average molecular weight is 333 g/mol. The van der Waals surface area contributed by atoms with Crippen molar-refractivity contribution in [3.8, 4) is 0 Å². The van der Waals surface area contributed by atoms with Crippen LogP contribution in [0.4, 0.5) is 0 Å². The molecule has 3 aliphatic rings. The molecule has 130 valence electrons. The lowest BCUT2D eigenvalue weighted by Gasteiger charge is -2.33. The number of imidazole rings is 1. The smallest absolute Gasteiger partial charge is 0.124 e. The third-order valence-corrected chi connectivity index (χ3v) is 6.03. The number of allylic oxidation sites excluding steroid dienone is 4. The summed E-state index contributed by atoms with van der Waals surface area (Å²) in [6.07, 6.45) is 14.9. The van der Waals surface area contributed by atoms with Crippen molar-refractivity contribution in [3.05, 3.63) is 53.9 Å². The summed E-state index contributed by atoms with van der Waals surface area (Å²) in [5.41, 5.74) is 4.08. The molecule has 0 unspecified atom stereocenters. The monoisotopic (exact) mass is 333 g/mol. The first-order valence-corrected chi connectivity index (χ1v) is 9.93. The largest absolute Gasteiger partial charge is 0.324 e. The lowest BCUT2D eigenvalue weighted by Crippen LogP contribution is -2.34. The molecular weight excluding hydrogens is 306 g/mol. The molecule has 0 spiro atoms. The molecule has 1 aliphatic heterocycles. The van der Waals surface area contributed by atoms with Crippen molar-refractivity contribution in [2.75, 3.05) is 13.1 Å². The zero-order valence-corrected chi connectivity index (χ0v) is 14.9. The maximum atomic E-state index is 4.98. The number of nitrogens with zero attached hydrogens (tertiary/aromatic N) is 3. The van der Waals surface area contributed by atoms with Crippen LogP contribution in [0, 0.1) is 5.92 Å². The van der Waals surface area contributed by atoms with E-state index in [4.69, 9.17) is 4.98 Å². The van der Waals surface area contributed by atoms with E-state index >= 15 is 0 Å². The molecule has 0 radical (unpaired) electrons. The minimum absolute atomic E-state index is 0.692. The van der Waals surface area contributed by atoms with Crippen molar-refractivity contribution in [2.24, 2.45) is 5.92 Å². The standard InChI is InChI=1S/C22H27N3/c1-2-6-17(7-3-1)18-12-14-24(15-13-18)16-22-23-20-8-4-5-9-21(20)25(22)19-10-11-19/h2,4-9,18-19H,1,3,10-16H2. The molecule has 2 aliphatic carbocycles. The van der Waals surface area contributed by atoms with Crippen molar-refractivity contribution < 1.29 is 0 Å². The topological polar surface area (TPSA) is 21.1 Å². The highest BCUT2D eigenvalue weighted by Gasteiger charge is 2.29. The molecule has 1 saturated carbocycles. The number of benzene rings is 1. The lowest BCUT2D eigenvalue weighted by molar-refractivity contribution is 0.186. The van der Waals surface area contributed by atoms with Gasteiger partial charge in [-0.25, -0.2) is 4.98 Å². The molecule has 2 fully saturated rings. The highest BCUT2D eigenvalue weighted by atomic mass is 15.2. The molecule has 0 N–H and O–H groups in total. The van der Waals surface area contributed by atoms with Crippen LogP contribution in [0.25, 0.3) is 11.0 Å². The van der Waals surface area contributed by atoms with Crippen LogP contribution in [-0.4, -0.2) is 27.5 Å². The van der Waals surface area contributed by atoms with Crippen molar-refractivity contribution in [3.63, 3.8) is 0 Å². The Hall–Kier alpha value is -1.87. The number of hydrogen-bond donors (Lipinski definition) is 0. The minimum atomic E-state index is 0.692. The Morgan fingerprint density at radius 2 is 1.84 bits per heavy atom. The van der Waals surface area contributed by atoms with Crippen LogP contribution in [0.15, 0.2) is 48.1 Å². The molecule has 3 heteroatoms. The summed E-state index contributed by atoms with van der Waals surface area (Å²) in [7, 11) is 0. The van der Waals surface area contributed by atoms with Crippen LogP contribution >= 0.6 is 0 Å². The highest BCUT2D eigenvalue weighted by Crippen LogP contribution is 2.39. The number of aromatic nitrogens is 2. The van der Waals surface area contributed by atoms with Gasteiger partial charge in [-0.3, -0.25) is 4.90 Å². The van der Waals surface area contributed by atoms with Crippen molar-refractivity contribution >= 4 is 11.0 Å². The van der Waals surface area contributed by atoms with E-state index in [0.717, 1.165) is 18.0 Å². The van der Waals surface area contributed by atoms with Gasteiger partial charge in [0, 0.05) is 6.04 Å². The van der Waals surface area contributed by atoms with E-state index in [1.165, 1.54) is 63.0 Å². The van der Waals surface area contributed by atoms with Crippen LogP contribution in [0.2, 0.25) is 0 Å². The van der Waals surface area contributed by atoms with Gasteiger partial charge in [0.15, 0.2) is 0 Å². The van der Waals surface area contributed by atoms with Crippen LogP contribution in [0.1, 0.15) is 50.4 Å². The van der Waals surface area contributed by atoms with Crippen LogP contribution in [0.5, 0.6) is 0 Å². The Kier molecular flexibility index (Phi) is 3.97. The van der Waals surface area contributed by atoms with E-state index < -0.39 is 0 Å². The second-order valence-electron chi connectivity index (χ2n) is 7.85. The molecule has 1 aromatic carbocycles. The first kappa shape index (κ1) is 15.4. The van der Waals surface area contributed by atoms with E-state index in [2.05, 4.69) is 52.0 Å². The lowest BCUT2D eigenvalue weighted by atomic mass is 9.86. The number of piperidine rings is 1.